The van der Waals surface area contributed by atoms with Gasteiger partial charge in [-0.1, -0.05) is 24.3 Å². The summed E-state index contributed by atoms with van der Waals surface area (Å²) in [5, 5.41) is 6.81. The van der Waals surface area contributed by atoms with Crippen LogP contribution in [0.2, 0.25) is 0 Å². The van der Waals surface area contributed by atoms with Crippen LogP contribution < -0.4 is 21.3 Å². The van der Waals surface area contributed by atoms with Gasteiger partial charge >= 0.3 is 0 Å². The number of aromatic nitrogens is 1. The molecule has 1 amide bonds. The van der Waals surface area contributed by atoms with Gasteiger partial charge in [-0.25, -0.2) is 4.98 Å². The molecule has 1 aliphatic carbocycles. The van der Waals surface area contributed by atoms with Crippen LogP contribution in [-0.4, -0.2) is 62.2 Å². The lowest BCUT2D eigenvalue weighted by atomic mass is 10.1. The lowest BCUT2D eigenvalue weighted by molar-refractivity contribution is 0.0551. The Labute approximate surface area is 195 Å². The SMILES string of the molecule is CN(C)c1cccc(CNc2cc(NC3C=CC(N4CCOCC4)=CC3)ncc2C(N)=O)c1. The number of hydrogen-bond donors (Lipinski definition) is 3. The Balaban J connectivity index is 1.42. The third kappa shape index (κ3) is 5.84. The number of primary amides is 1. The molecular weight excluding hydrogens is 416 g/mol. The van der Waals surface area contributed by atoms with E-state index in [4.69, 9.17) is 10.5 Å². The Bertz CT molecular complexity index is 1040. The van der Waals surface area contributed by atoms with Crippen molar-refractivity contribution in [2.45, 2.75) is 19.0 Å². The first-order valence-corrected chi connectivity index (χ1v) is 11.3. The molecule has 2 aromatic rings. The normalized spacial score (nSPS) is 17.9. The molecular formula is C25H32N6O2. The van der Waals surface area contributed by atoms with Gasteiger partial charge in [-0.3, -0.25) is 4.79 Å². The van der Waals surface area contributed by atoms with E-state index in [1.807, 2.05) is 26.2 Å². The van der Waals surface area contributed by atoms with E-state index in [0.29, 0.717) is 23.6 Å². The van der Waals surface area contributed by atoms with Crippen molar-refractivity contribution < 1.29 is 9.53 Å². The van der Waals surface area contributed by atoms with Gasteiger partial charge in [0, 0.05) is 63.4 Å². The van der Waals surface area contributed by atoms with E-state index < -0.39 is 5.91 Å². The van der Waals surface area contributed by atoms with Crippen molar-refractivity contribution in [3.05, 3.63) is 71.6 Å². The minimum atomic E-state index is -0.505. The van der Waals surface area contributed by atoms with E-state index in [9.17, 15) is 4.79 Å². The summed E-state index contributed by atoms with van der Waals surface area (Å²) in [7, 11) is 4.02. The highest BCUT2D eigenvalue weighted by Crippen LogP contribution is 2.23. The van der Waals surface area contributed by atoms with Gasteiger partial charge in [0.1, 0.15) is 5.82 Å². The highest BCUT2D eigenvalue weighted by atomic mass is 16.5. The molecule has 4 N–H and O–H groups in total. The number of nitrogens with two attached hydrogens (primary N) is 1. The van der Waals surface area contributed by atoms with E-state index in [1.54, 1.807) is 0 Å². The number of allylic oxidation sites excluding steroid dienone is 1. The van der Waals surface area contributed by atoms with Gasteiger partial charge < -0.3 is 30.9 Å². The molecule has 2 aliphatic rings. The summed E-state index contributed by atoms with van der Waals surface area (Å²) in [5.74, 6) is 0.191. The summed E-state index contributed by atoms with van der Waals surface area (Å²) in [6, 6.07) is 10.2. The van der Waals surface area contributed by atoms with Crippen LogP contribution in [0.4, 0.5) is 17.2 Å². The lowest BCUT2D eigenvalue weighted by Gasteiger charge is -2.31. The minimum Gasteiger partial charge on any atom is -0.380 e. The van der Waals surface area contributed by atoms with Crippen molar-refractivity contribution in [1.29, 1.82) is 0 Å². The molecule has 174 valence electrons. The fraction of sp³-hybridized carbons (Fsp3) is 0.360. The number of anilines is 3. The molecule has 1 aromatic carbocycles. The van der Waals surface area contributed by atoms with Gasteiger partial charge in [0.25, 0.3) is 5.91 Å². The van der Waals surface area contributed by atoms with E-state index in [1.165, 1.54) is 11.9 Å². The average Bonchev–Trinajstić information content (AvgIpc) is 2.84. The highest BCUT2D eigenvalue weighted by Gasteiger charge is 2.17. The summed E-state index contributed by atoms with van der Waals surface area (Å²) < 4.78 is 5.44. The molecule has 0 spiro atoms. The van der Waals surface area contributed by atoms with Gasteiger partial charge in [-0.15, -0.1) is 0 Å². The molecule has 1 fully saturated rings. The lowest BCUT2D eigenvalue weighted by Crippen LogP contribution is -2.36. The average molecular weight is 449 g/mol. The van der Waals surface area contributed by atoms with Gasteiger partial charge in [0.2, 0.25) is 0 Å². The maximum Gasteiger partial charge on any atom is 0.252 e. The van der Waals surface area contributed by atoms with Gasteiger partial charge in [0.05, 0.1) is 24.5 Å². The Hall–Kier alpha value is -3.52. The van der Waals surface area contributed by atoms with Crippen molar-refractivity contribution >= 4 is 23.1 Å². The van der Waals surface area contributed by atoms with Crippen molar-refractivity contribution in [3.8, 4) is 0 Å². The standard InChI is InChI=1S/C25H32N6O2/c1-30(2)21-5-3-4-18(14-21)16-27-23-15-24(28-17-22(23)25(26)32)29-19-6-8-20(9-7-19)31-10-12-33-13-11-31/h3-6,8-9,14-15,17,19H,7,10-13,16H2,1-2H3,(H2,26,32)(H2,27,28,29). The quantitative estimate of drug-likeness (QED) is 0.571. The second-order valence-corrected chi connectivity index (χ2v) is 8.47. The van der Waals surface area contributed by atoms with Crippen molar-refractivity contribution in [3.63, 3.8) is 0 Å². The number of nitrogens with one attached hydrogen (secondary N) is 2. The topological polar surface area (TPSA) is 95.8 Å². The highest BCUT2D eigenvalue weighted by molar-refractivity contribution is 5.98. The molecule has 4 rings (SSSR count). The van der Waals surface area contributed by atoms with E-state index in [2.05, 4.69) is 61.8 Å². The van der Waals surface area contributed by atoms with E-state index in [0.717, 1.165) is 44.0 Å². The second kappa shape index (κ2) is 10.4. The van der Waals surface area contributed by atoms with Gasteiger partial charge in [-0.2, -0.15) is 0 Å². The van der Waals surface area contributed by atoms with Gasteiger partial charge in [0.15, 0.2) is 0 Å². The number of carbonyl (C=O) groups excluding carboxylic acids is 1. The van der Waals surface area contributed by atoms with E-state index in [-0.39, 0.29) is 6.04 Å². The van der Waals surface area contributed by atoms with Crippen LogP contribution in [0.1, 0.15) is 22.3 Å². The zero-order chi connectivity index (χ0) is 23.2. The predicted molar refractivity (Wildman–Crippen MR) is 132 cm³/mol. The zero-order valence-corrected chi connectivity index (χ0v) is 19.3. The molecule has 8 nitrogen and oxygen atoms in total. The van der Waals surface area contributed by atoms with Crippen molar-refractivity contribution in [2.24, 2.45) is 5.73 Å². The molecule has 0 saturated carbocycles. The van der Waals surface area contributed by atoms with Crippen LogP contribution in [0.5, 0.6) is 0 Å². The number of carbonyl (C=O) groups is 1. The maximum atomic E-state index is 11.9. The number of pyridine rings is 1. The van der Waals surface area contributed by atoms with Crippen LogP contribution in [0, 0.1) is 0 Å². The van der Waals surface area contributed by atoms with E-state index >= 15 is 0 Å². The molecule has 33 heavy (non-hydrogen) atoms. The molecule has 1 unspecified atom stereocenters. The third-order valence-corrected chi connectivity index (χ3v) is 5.87. The smallest absolute Gasteiger partial charge is 0.252 e. The van der Waals surface area contributed by atoms with Gasteiger partial charge in [-0.05, 0) is 30.2 Å². The summed E-state index contributed by atoms with van der Waals surface area (Å²) in [6.07, 6.45) is 8.96. The summed E-state index contributed by atoms with van der Waals surface area (Å²) >= 11 is 0. The molecule has 1 aliphatic heterocycles. The fourth-order valence-electron chi connectivity index (χ4n) is 3.98. The van der Waals surface area contributed by atoms with Crippen LogP contribution in [0.15, 0.2) is 60.5 Å². The molecule has 0 bridgehead atoms. The number of benzene rings is 1. The van der Waals surface area contributed by atoms with Crippen LogP contribution >= 0.6 is 0 Å². The Kier molecular flexibility index (Phi) is 7.14. The zero-order valence-electron chi connectivity index (χ0n) is 19.3. The first-order chi connectivity index (χ1) is 16.0. The first kappa shape index (κ1) is 22.7. The third-order valence-electron chi connectivity index (χ3n) is 5.87. The second-order valence-electron chi connectivity index (χ2n) is 8.47. The van der Waals surface area contributed by atoms with Crippen LogP contribution in [0.3, 0.4) is 0 Å². The Morgan fingerprint density at radius 1 is 1.27 bits per heavy atom. The fourth-order valence-corrected chi connectivity index (χ4v) is 3.98. The number of rotatable bonds is 8. The molecule has 1 aromatic heterocycles. The Morgan fingerprint density at radius 2 is 2.09 bits per heavy atom. The molecule has 1 atom stereocenters. The Morgan fingerprint density at radius 3 is 2.79 bits per heavy atom. The number of hydrogen-bond acceptors (Lipinski definition) is 7. The van der Waals surface area contributed by atoms with Crippen LogP contribution in [-0.2, 0) is 11.3 Å². The first-order valence-electron chi connectivity index (χ1n) is 11.3. The molecule has 2 heterocycles. The van der Waals surface area contributed by atoms with Crippen LogP contribution in [0.25, 0.3) is 0 Å². The summed E-state index contributed by atoms with van der Waals surface area (Å²) in [6.45, 7) is 3.98. The monoisotopic (exact) mass is 448 g/mol. The number of amides is 1. The summed E-state index contributed by atoms with van der Waals surface area (Å²) in [4.78, 5) is 20.8. The number of nitrogens with zero attached hydrogens (tertiary/aromatic N) is 3. The summed E-state index contributed by atoms with van der Waals surface area (Å²) in [5.41, 5.74) is 10.1. The largest absolute Gasteiger partial charge is 0.380 e. The van der Waals surface area contributed by atoms with Crippen molar-refractivity contribution in [1.82, 2.24) is 9.88 Å². The number of morpholine rings is 1. The van der Waals surface area contributed by atoms with Crippen molar-refractivity contribution in [2.75, 3.05) is 55.9 Å². The minimum absolute atomic E-state index is 0.131. The number of ether oxygens (including phenoxy) is 1. The molecule has 0 radical (unpaired) electrons. The molecule has 1 saturated heterocycles. The molecule has 8 heteroatoms. The maximum absolute atomic E-state index is 11.9. The predicted octanol–water partition coefficient (Wildman–Crippen LogP) is 2.82.